The van der Waals surface area contributed by atoms with Gasteiger partial charge in [-0.25, -0.2) is 9.97 Å². The summed E-state index contributed by atoms with van der Waals surface area (Å²) < 4.78 is 6.24. The predicted octanol–water partition coefficient (Wildman–Crippen LogP) is 1.43. The van der Waals surface area contributed by atoms with E-state index in [-0.39, 0.29) is 0 Å². The van der Waals surface area contributed by atoms with Crippen molar-refractivity contribution in [2.45, 2.75) is 6.92 Å². The molecule has 0 spiro atoms. The minimum atomic E-state index is 0.498. The molecule has 6 nitrogen and oxygen atoms in total. The third-order valence-electron chi connectivity index (χ3n) is 2.06. The molecule has 0 aliphatic rings. The second-order valence-corrected chi connectivity index (χ2v) is 4.02. The van der Waals surface area contributed by atoms with E-state index in [1.165, 1.54) is 11.3 Å². The van der Waals surface area contributed by atoms with Crippen molar-refractivity contribution in [2.24, 2.45) is 0 Å². The average molecular weight is 233 g/mol. The van der Waals surface area contributed by atoms with Gasteiger partial charge in [-0.1, -0.05) is 5.10 Å². The van der Waals surface area contributed by atoms with Crippen molar-refractivity contribution >= 4 is 31.9 Å². The smallest absolute Gasteiger partial charge is 0.255 e. The van der Waals surface area contributed by atoms with Gasteiger partial charge >= 0.3 is 0 Å². The van der Waals surface area contributed by atoms with E-state index in [1.54, 1.807) is 12.4 Å². The van der Waals surface area contributed by atoms with Gasteiger partial charge in [0.25, 0.3) is 5.88 Å². The van der Waals surface area contributed by atoms with E-state index >= 15 is 0 Å². The number of ether oxygens (including phenoxy) is 1. The molecule has 0 bridgehead atoms. The fourth-order valence-electron chi connectivity index (χ4n) is 1.44. The highest BCUT2D eigenvalue weighted by molar-refractivity contribution is 7.25. The molecule has 0 unspecified atom stereocenters. The molecule has 80 valence electrons. The Hall–Kier alpha value is -1.89. The van der Waals surface area contributed by atoms with E-state index in [0.29, 0.717) is 18.0 Å². The Kier molecular flexibility index (Phi) is 2.10. The van der Waals surface area contributed by atoms with Crippen LogP contribution in [0.25, 0.3) is 20.6 Å². The molecular formula is C9H7N5OS. The summed E-state index contributed by atoms with van der Waals surface area (Å²) in [4.78, 5) is 9.28. The Morgan fingerprint density at radius 3 is 2.94 bits per heavy atom. The molecule has 3 aromatic rings. The Labute approximate surface area is 94.3 Å². The zero-order valence-electron chi connectivity index (χ0n) is 8.41. The van der Waals surface area contributed by atoms with Gasteiger partial charge in [0, 0.05) is 12.4 Å². The van der Waals surface area contributed by atoms with Crippen LogP contribution >= 0.6 is 11.3 Å². The molecule has 3 aromatic heterocycles. The topological polar surface area (TPSA) is 73.7 Å². The Balaban J connectivity index is 2.39. The number of thiophene rings is 1. The number of fused-ring (bicyclic) bond motifs is 3. The second kappa shape index (κ2) is 3.60. The predicted molar refractivity (Wildman–Crippen MR) is 59.5 cm³/mol. The Morgan fingerprint density at radius 1 is 1.19 bits per heavy atom. The van der Waals surface area contributed by atoms with Gasteiger partial charge in [-0.05, 0) is 12.1 Å². The van der Waals surface area contributed by atoms with Crippen molar-refractivity contribution in [3.63, 3.8) is 0 Å². The van der Waals surface area contributed by atoms with E-state index in [4.69, 9.17) is 4.74 Å². The summed E-state index contributed by atoms with van der Waals surface area (Å²) in [5, 5.41) is 11.5. The summed E-state index contributed by atoms with van der Waals surface area (Å²) in [6.07, 6.45) is 3.29. The van der Waals surface area contributed by atoms with Crippen LogP contribution in [0.15, 0.2) is 12.4 Å². The lowest BCUT2D eigenvalue weighted by Gasteiger charge is -1.99. The van der Waals surface area contributed by atoms with Gasteiger partial charge in [-0.15, -0.1) is 16.4 Å². The van der Waals surface area contributed by atoms with Crippen LogP contribution in [-0.2, 0) is 0 Å². The van der Waals surface area contributed by atoms with E-state index in [9.17, 15) is 0 Å². The largest absolute Gasteiger partial charge is 0.476 e. The van der Waals surface area contributed by atoms with E-state index in [2.05, 4.69) is 25.4 Å². The van der Waals surface area contributed by atoms with Crippen LogP contribution in [0.2, 0.25) is 0 Å². The molecule has 0 atom stereocenters. The molecule has 0 aromatic carbocycles. The highest BCUT2D eigenvalue weighted by Gasteiger charge is 2.14. The maximum atomic E-state index is 5.39. The van der Waals surface area contributed by atoms with Gasteiger partial charge in [-0.2, -0.15) is 0 Å². The normalized spacial score (nSPS) is 11.1. The minimum absolute atomic E-state index is 0.498. The van der Waals surface area contributed by atoms with Crippen molar-refractivity contribution in [1.29, 1.82) is 0 Å². The number of nitrogens with zero attached hydrogens (tertiary/aromatic N) is 5. The Morgan fingerprint density at radius 2 is 2.06 bits per heavy atom. The average Bonchev–Trinajstić information content (AvgIpc) is 2.69. The van der Waals surface area contributed by atoms with Crippen LogP contribution in [0.5, 0.6) is 5.88 Å². The standard InChI is InChI=1S/C9H7N5OS/c1-2-15-8-7-5(12-14-13-8)6-9(16-7)11-4-3-10-6/h3-4H,2H2,1H3. The third-order valence-corrected chi connectivity index (χ3v) is 3.12. The summed E-state index contributed by atoms with van der Waals surface area (Å²) in [5.74, 6) is 0.498. The van der Waals surface area contributed by atoms with E-state index < -0.39 is 0 Å². The Bertz CT molecular complexity index is 652. The molecule has 0 saturated carbocycles. The molecule has 3 rings (SSSR count). The molecule has 0 fully saturated rings. The first kappa shape index (κ1) is 9.34. The summed E-state index contributed by atoms with van der Waals surface area (Å²) in [7, 11) is 0. The van der Waals surface area contributed by atoms with Crippen LogP contribution in [-0.4, -0.2) is 32.0 Å². The van der Waals surface area contributed by atoms with Crippen molar-refractivity contribution < 1.29 is 4.74 Å². The first-order chi connectivity index (χ1) is 7.90. The molecule has 0 radical (unpaired) electrons. The van der Waals surface area contributed by atoms with Gasteiger partial charge in [0.05, 0.1) is 6.61 Å². The zero-order chi connectivity index (χ0) is 11.0. The van der Waals surface area contributed by atoms with Crippen molar-refractivity contribution in [2.75, 3.05) is 6.61 Å². The van der Waals surface area contributed by atoms with Crippen LogP contribution in [0.3, 0.4) is 0 Å². The summed E-state index contributed by atoms with van der Waals surface area (Å²) in [5.41, 5.74) is 1.45. The van der Waals surface area contributed by atoms with Gasteiger partial charge in [-0.3, -0.25) is 0 Å². The van der Waals surface area contributed by atoms with E-state index in [0.717, 1.165) is 15.0 Å². The zero-order valence-corrected chi connectivity index (χ0v) is 9.23. The van der Waals surface area contributed by atoms with Crippen molar-refractivity contribution in [3.05, 3.63) is 12.4 Å². The lowest BCUT2D eigenvalue weighted by molar-refractivity contribution is 0.326. The highest BCUT2D eigenvalue weighted by atomic mass is 32.1. The third kappa shape index (κ3) is 1.28. The molecule has 0 amide bonds. The first-order valence-corrected chi connectivity index (χ1v) is 5.57. The minimum Gasteiger partial charge on any atom is -0.476 e. The molecule has 0 N–H and O–H groups in total. The van der Waals surface area contributed by atoms with Crippen molar-refractivity contribution in [1.82, 2.24) is 25.4 Å². The maximum absolute atomic E-state index is 5.39. The van der Waals surface area contributed by atoms with Gasteiger partial charge < -0.3 is 4.74 Å². The second-order valence-electron chi connectivity index (χ2n) is 3.02. The summed E-state index contributed by atoms with van der Waals surface area (Å²) in [6.45, 7) is 2.45. The molecule has 0 saturated heterocycles. The number of rotatable bonds is 2. The summed E-state index contributed by atoms with van der Waals surface area (Å²) in [6, 6.07) is 0. The molecule has 0 aliphatic heterocycles. The maximum Gasteiger partial charge on any atom is 0.255 e. The molecule has 7 heteroatoms. The van der Waals surface area contributed by atoms with E-state index in [1.807, 2.05) is 6.92 Å². The van der Waals surface area contributed by atoms with Gasteiger partial charge in [0.2, 0.25) is 0 Å². The van der Waals surface area contributed by atoms with Gasteiger partial charge in [0.15, 0.2) is 0 Å². The van der Waals surface area contributed by atoms with Crippen LogP contribution in [0.1, 0.15) is 6.92 Å². The molecule has 0 aliphatic carbocycles. The molecular weight excluding hydrogens is 226 g/mol. The van der Waals surface area contributed by atoms with Gasteiger partial charge in [0.1, 0.15) is 20.6 Å². The SMILES string of the molecule is CCOc1nnnc2c1sc1nccnc12. The number of hydrogen-bond acceptors (Lipinski definition) is 7. The monoisotopic (exact) mass is 233 g/mol. The number of aromatic nitrogens is 5. The fraction of sp³-hybridized carbons (Fsp3) is 0.222. The lowest BCUT2D eigenvalue weighted by Crippen LogP contribution is -1.97. The lowest BCUT2D eigenvalue weighted by atomic mass is 10.4. The highest BCUT2D eigenvalue weighted by Crippen LogP contribution is 2.33. The quantitative estimate of drug-likeness (QED) is 0.666. The summed E-state index contributed by atoms with van der Waals surface area (Å²) >= 11 is 1.46. The van der Waals surface area contributed by atoms with Crippen molar-refractivity contribution in [3.8, 4) is 5.88 Å². The molecule has 16 heavy (non-hydrogen) atoms. The van der Waals surface area contributed by atoms with Crippen LogP contribution in [0.4, 0.5) is 0 Å². The van der Waals surface area contributed by atoms with Crippen LogP contribution < -0.4 is 4.74 Å². The van der Waals surface area contributed by atoms with Crippen LogP contribution in [0, 0.1) is 0 Å². The number of hydrogen-bond donors (Lipinski definition) is 0. The first-order valence-electron chi connectivity index (χ1n) is 4.75. The molecule has 3 heterocycles. The fourth-order valence-corrected chi connectivity index (χ4v) is 2.41.